The van der Waals surface area contributed by atoms with Crippen LogP contribution in [0.4, 0.5) is 0 Å². The van der Waals surface area contributed by atoms with Crippen molar-refractivity contribution >= 4 is 5.91 Å². The number of carbonyl (C=O) groups excluding carboxylic acids is 1. The van der Waals surface area contributed by atoms with Gasteiger partial charge in [0.05, 0.1) is 12.2 Å². The van der Waals surface area contributed by atoms with Crippen LogP contribution >= 0.6 is 0 Å². The van der Waals surface area contributed by atoms with Crippen LogP contribution in [0.1, 0.15) is 71.6 Å². The van der Waals surface area contributed by atoms with E-state index in [2.05, 4.69) is 17.1 Å². The summed E-state index contributed by atoms with van der Waals surface area (Å²) in [6, 6.07) is 0.540. The minimum atomic E-state index is 0.0319. The number of hydrogen-bond donors (Lipinski definition) is 1. The monoisotopic (exact) mass is 278 g/mol. The van der Waals surface area contributed by atoms with Crippen molar-refractivity contribution in [1.29, 1.82) is 0 Å². The van der Waals surface area contributed by atoms with Crippen molar-refractivity contribution in [1.82, 2.24) is 10.2 Å². The molecule has 0 radical (unpaired) electrons. The minimum absolute atomic E-state index is 0.0319. The van der Waals surface area contributed by atoms with E-state index < -0.39 is 0 Å². The summed E-state index contributed by atoms with van der Waals surface area (Å²) in [6.07, 6.45) is 12.0. The van der Waals surface area contributed by atoms with E-state index in [0.29, 0.717) is 24.0 Å². The Hall–Kier alpha value is -0.570. The van der Waals surface area contributed by atoms with E-state index in [-0.39, 0.29) is 6.04 Å². The summed E-state index contributed by atoms with van der Waals surface area (Å²) in [4.78, 5) is 14.9. The topological polar surface area (TPSA) is 32.3 Å². The van der Waals surface area contributed by atoms with Crippen molar-refractivity contribution < 1.29 is 4.79 Å². The molecule has 0 aromatic heterocycles. The Bertz CT molecular complexity index is 343. The Morgan fingerprint density at radius 2 is 1.75 bits per heavy atom. The third kappa shape index (κ3) is 2.61. The maximum atomic E-state index is 12.6. The van der Waals surface area contributed by atoms with E-state index in [4.69, 9.17) is 0 Å². The van der Waals surface area contributed by atoms with Crippen molar-refractivity contribution in [2.45, 2.75) is 89.9 Å². The van der Waals surface area contributed by atoms with Gasteiger partial charge in [-0.2, -0.15) is 0 Å². The fourth-order valence-corrected chi connectivity index (χ4v) is 4.64. The third-order valence-corrected chi connectivity index (χ3v) is 5.98. The first kappa shape index (κ1) is 14.4. The molecule has 0 bridgehead atoms. The number of hydrogen-bond acceptors (Lipinski definition) is 2. The van der Waals surface area contributed by atoms with Crippen molar-refractivity contribution in [2.75, 3.05) is 0 Å². The second kappa shape index (κ2) is 6.05. The van der Waals surface area contributed by atoms with Crippen LogP contribution in [0.2, 0.25) is 0 Å². The zero-order valence-electron chi connectivity index (χ0n) is 13.1. The molecule has 3 fully saturated rings. The van der Waals surface area contributed by atoms with Gasteiger partial charge in [0.25, 0.3) is 0 Å². The molecule has 1 amide bonds. The summed E-state index contributed by atoms with van der Waals surface area (Å²) in [6.45, 7) is 4.35. The van der Waals surface area contributed by atoms with Gasteiger partial charge < -0.3 is 4.90 Å². The second-order valence-electron chi connectivity index (χ2n) is 7.21. The molecule has 3 nitrogen and oxygen atoms in total. The Labute approximate surface area is 123 Å². The first-order valence-corrected chi connectivity index (χ1v) is 8.79. The predicted molar refractivity (Wildman–Crippen MR) is 81.2 cm³/mol. The van der Waals surface area contributed by atoms with Gasteiger partial charge in [-0.15, -0.1) is 0 Å². The van der Waals surface area contributed by atoms with Gasteiger partial charge in [0.2, 0.25) is 5.91 Å². The molecule has 3 heteroatoms. The van der Waals surface area contributed by atoms with Crippen LogP contribution < -0.4 is 5.32 Å². The van der Waals surface area contributed by atoms with Crippen LogP contribution in [0, 0.1) is 11.8 Å². The van der Waals surface area contributed by atoms with Gasteiger partial charge in [0, 0.05) is 6.04 Å². The normalized spacial score (nSPS) is 39.7. The molecule has 2 atom stereocenters. The zero-order chi connectivity index (χ0) is 14.1. The van der Waals surface area contributed by atoms with Crippen LogP contribution in [0.15, 0.2) is 0 Å². The smallest absolute Gasteiger partial charge is 0.240 e. The molecule has 3 aliphatic rings. The number of rotatable bonds is 3. The number of nitrogens with zero attached hydrogens (tertiary/aromatic N) is 1. The van der Waals surface area contributed by atoms with Gasteiger partial charge in [-0.1, -0.05) is 26.2 Å². The van der Waals surface area contributed by atoms with E-state index in [0.717, 1.165) is 5.92 Å². The molecule has 114 valence electrons. The van der Waals surface area contributed by atoms with Crippen LogP contribution in [0.3, 0.4) is 0 Å². The maximum absolute atomic E-state index is 12.6. The third-order valence-electron chi connectivity index (χ3n) is 5.98. The Balaban J connectivity index is 1.69. The van der Waals surface area contributed by atoms with Gasteiger partial charge in [-0.05, 0) is 57.3 Å². The molecule has 3 rings (SSSR count). The Morgan fingerprint density at radius 3 is 2.35 bits per heavy atom. The lowest BCUT2D eigenvalue weighted by atomic mass is 9.83. The molecular weight excluding hydrogens is 248 g/mol. The highest BCUT2D eigenvalue weighted by Gasteiger charge is 2.44. The van der Waals surface area contributed by atoms with Crippen LogP contribution in [-0.2, 0) is 4.79 Å². The lowest BCUT2D eigenvalue weighted by molar-refractivity contribution is -0.133. The summed E-state index contributed by atoms with van der Waals surface area (Å²) in [5, 5.41) is 3.59. The van der Waals surface area contributed by atoms with Crippen molar-refractivity contribution in [3.05, 3.63) is 0 Å². The molecule has 2 aliphatic carbocycles. The van der Waals surface area contributed by atoms with Gasteiger partial charge in [0.15, 0.2) is 0 Å². The largest absolute Gasteiger partial charge is 0.323 e. The average molecular weight is 278 g/mol. The van der Waals surface area contributed by atoms with Crippen LogP contribution in [-0.4, -0.2) is 29.1 Å². The SMILES string of the molecule is CCC1CCC(N2C(=O)C(C)NC2C2CCCC2)CC1. The Kier molecular flexibility index (Phi) is 4.34. The Morgan fingerprint density at radius 1 is 1.10 bits per heavy atom. The molecule has 2 unspecified atom stereocenters. The van der Waals surface area contributed by atoms with Crippen molar-refractivity contribution in [2.24, 2.45) is 11.8 Å². The van der Waals surface area contributed by atoms with Crippen molar-refractivity contribution in [3.8, 4) is 0 Å². The van der Waals surface area contributed by atoms with Gasteiger partial charge in [0.1, 0.15) is 0 Å². The molecular formula is C17H30N2O. The summed E-state index contributed by atoms with van der Waals surface area (Å²) >= 11 is 0. The summed E-state index contributed by atoms with van der Waals surface area (Å²) in [5.74, 6) is 1.97. The summed E-state index contributed by atoms with van der Waals surface area (Å²) in [5.41, 5.74) is 0. The molecule has 0 aromatic rings. The number of carbonyl (C=O) groups is 1. The molecule has 1 saturated heterocycles. The van der Waals surface area contributed by atoms with Gasteiger partial charge in [-0.25, -0.2) is 0 Å². The van der Waals surface area contributed by atoms with Gasteiger partial charge >= 0.3 is 0 Å². The molecule has 0 aromatic carbocycles. The zero-order valence-corrected chi connectivity index (χ0v) is 13.1. The first-order chi connectivity index (χ1) is 9.70. The summed E-state index contributed by atoms with van der Waals surface area (Å²) in [7, 11) is 0. The number of amides is 1. The van der Waals surface area contributed by atoms with Crippen LogP contribution in [0.5, 0.6) is 0 Å². The molecule has 1 N–H and O–H groups in total. The maximum Gasteiger partial charge on any atom is 0.240 e. The fraction of sp³-hybridized carbons (Fsp3) is 0.941. The predicted octanol–water partition coefficient (Wildman–Crippen LogP) is 3.29. The quantitative estimate of drug-likeness (QED) is 0.859. The second-order valence-corrected chi connectivity index (χ2v) is 7.21. The highest BCUT2D eigenvalue weighted by molar-refractivity contribution is 5.84. The van der Waals surface area contributed by atoms with E-state index in [1.807, 2.05) is 6.92 Å². The van der Waals surface area contributed by atoms with E-state index in [9.17, 15) is 4.79 Å². The van der Waals surface area contributed by atoms with Gasteiger partial charge in [-0.3, -0.25) is 10.1 Å². The molecule has 2 saturated carbocycles. The lowest BCUT2D eigenvalue weighted by Gasteiger charge is -2.39. The molecule has 20 heavy (non-hydrogen) atoms. The molecule has 1 aliphatic heterocycles. The molecule has 0 spiro atoms. The fourth-order valence-electron chi connectivity index (χ4n) is 4.64. The average Bonchev–Trinajstić information content (AvgIpc) is 3.09. The number of nitrogens with one attached hydrogen (secondary N) is 1. The highest BCUT2D eigenvalue weighted by atomic mass is 16.2. The van der Waals surface area contributed by atoms with E-state index in [1.165, 1.54) is 57.8 Å². The summed E-state index contributed by atoms with van der Waals surface area (Å²) < 4.78 is 0. The lowest BCUT2D eigenvalue weighted by Crippen LogP contribution is -2.49. The van der Waals surface area contributed by atoms with Crippen molar-refractivity contribution in [3.63, 3.8) is 0 Å². The standard InChI is InChI=1S/C17H30N2O/c1-3-13-8-10-15(11-9-13)19-16(14-6-4-5-7-14)18-12(2)17(19)20/h12-16,18H,3-11H2,1-2H3. The highest BCUT2D eigenvalue weighted by Crippen LogP contribution is 2.37. The van der Waals surface area contributed by atoms with E-state index in [1.54, 1.807) is 0 Å². The van der Waals surface area contributed by atoms with E-state index >= 15 is 0 Å². The minimum Gasteiger partial charge on any atom is -0.323 e. The first-order valence-electron chi connectivity index (χ1n) is 8.79. The van der Waals surface area contributed by atoms with Crippen LogP contribution in [0.25, 0.3) is 0 Å². The molecule has 1 heterocycles.